The van der Waals surface area contributed by atoms with Gasteiger partial charge >= 0.3 is 0 Å². The summed E-state index contributed by atoms with van der Waals surface area (Å²) >= 11 is 0. The van der Waals surface area contributed by atoms with Crippen LogP contribution >= 0.6 is 0 Å². The maximum absolute atomic E-state index is 14.1. The molecule has 0 saturated carbocycles. The van der Waals surface area contributed by atoms with Gasteiger partial charge in [-0.2, -0.15) is 0 Å². The number of anilines is 1. The highest BCUT2D eigenvalue weighted by molar-refractivity contribution is 5.99. The molecule has 0 spiro atoms. The molecule has 9 heteroatoms. The lowest BCUT2D eigenvalue weighted by atomic mass is 10.1. The molecule has 0 saturated heterocycles. The summed E-state index contributed by atoms with van der Waals surface area (Å²) in [6.45, 7) is 1.69. The van der Waals surface area contributed by atoms with Crippen molar-refractivity contribution in [1.82, 2.24) is 14.5 Å². The van der Waals surface area contributed by atoms with E-state index in [-0.39, 0.29) is 24.6 Å². The zero-order valence-corrected chi connectivity index (χ0v) is 20.8. The monoisotopic (exact) mass is 502 g/mol. The highest BCUT2D eigenvalue weighted by Crippen LogP contribution is 2.27. The van der Waals surface area contributed by atoms with Crippen LogP contribution in [0.2, 0.25) is 0 Å². The summed E-state index contributed by atoms with van der Waals surface area (Å²) in [4.78, 5) is 31.8. The summed E-state index contributed by atoms with van der Waals surface area (Å²) in [6.07, 6.45) is 1.81. The lowest BCUT2D eigenvalue weighted by Gasteiger charge is -2.20. The molecule has 0 bridgehead atoms. The molecule has 0 fully saturated rings. The number of carbonyl (C=O) groups excluding carboxylic acids is 2. The lowest BCUT2D eigenvalue weighted by Crippen LogP contribution is -2.38. The van der Waals surface area contributed by atoms with E-state index in [4.69, 9.17) is 9.47 Å². The van der Waals surface area contributed by atoms with Crippen molar-refractivity contribution < 1.29 is 23.5 Å². The molecule has 1 N–H and O–H groups in total. The number of nitrogens with zero attached hydrogens (tertiary/aromatic N) is 3. The molecule has 0 radical (unpaired) electrons. The second-order valence-corrected chi connectivity index (χ2v) is 8.09. The van der Waals surface area contributed by atoms with Gasteiger partial charge in [0.2, 0.25) is 11.9 Å². The smallest absolute Gasteiger partial charge is 0.257 e. The highest BCUT2D eigenvalue weighted by Gasteiger charge is 2.21. The predicted octanol–water partition coefficient (Wildman–Crippen LogP) is 4.80. The van der Waals surface area contributed by atoms with Gasteiger partial charge in [-0.25, -0.2) is 9.37 Å². The standard InChI is InChI=1S/C28H27FN4O4/c1-4-32(27(35)23-7-5-6-8-24(23)29)18-26(34)31-28-30-25(19-9-13-21(36-2)14-10-19)17-33(28)20-11-15-22(37-3)16-12-20/h5-17H,4,18H2,1-3H3,(H,30,31,34). The third-order valence-electron chi connectivity index (χ3n) is 5.80. The molecule has 37 heavy (non-hydrogen) atoms. The van der Waals surface area contributed by atoms with Crippen molar-refractivity contribution in [2.24, 2.45) is 0 Å². The highest BCUT2D eigenvalue weighted by atomic mass is 19.1. The first-order chi connectivity index (χ1) is 17.9. The van der Waals surface area contributed by atoms with Crippen LogP contribution in [-0.4, -0.2) is 53.6 Å². The third-order valence-corrected chi connectivity index (χ3v) is 5.80. The van der Waals surface area contributed by atoms with Crippen LogP contribution in [0.4, 0.5) is 10.3 Å². The number of aromatic nitrogens is 2. The Balaban J connectivity index is 1.61. The molecule has 0 aliphatic heterocycles. The molecule has 1 heterocycles. The predicted molar refractivity (Wildman–Crippen MR) is 139 cm³/mol. The number of methoxy groups -OCH3 is 2. The van der Waals surface area contributed by atoms with Crippen LogP contribution in [0.1, 0.15) is 17.3 Å². The van der Waals surface area contributed by atoms with Crippen LogP contribution in [-0.2, 0) is 4.79 Å². The molecule has 0 atom stereocenters. The molecule has 4 aromatic rings. The number of nitrogens with one attached hydrogen (secondary N) is 1. The molecule has 190 valence electrons. The first-order valence-corrected chi connectivity index (χ1v) is 11.7. The van der Waals surface area contributed by atoms with E-state index in [0.717, 1.165) is 11.3 Å². The van der Waals surface area contributed by atoms with Gasteiger partial charge in [0.05, 0.1) is 25.5 Å². The number of carbonyl (C=O) groups is 2. The molecule has 0 unspecified atom stereocenters. The summed E-state index contributed by atoms with van der Waals surface area (Å²) in [6, 6.07) is 20.4. The van der Waals surface area contributed by atoms with Crippen LogP contribution in [0, 0.1) is 5.82 Å². The molecule has 0 aliphatic carbocycles. The van der Waals surface area contributed by atoms with Crippen molar-refractivity contribution in [1.29, 1.82) is 0 Å². The zero-order chi connectivity index (χ0) is 26.4. The van der Waals surface area contributed by atoms with Gasteiger partial charge in [-0.3, -0.25) is 19.5 Å². The van der Waals surface area contributed by atoms with Crippen molar-refractivity contribution in [3.8, 4) is 28.4 Å². The SMILES string of the molecule is CCN(CC(=O)Nc1nc(-c2ccc(OC)cc2)cn1-c1ccc(OC)cc1)C(=O)c1ccccc1F. The Morgan fingerprint density at radius 2 is 1.57 bits per heavy atom. The number of imidazole rings is 1. The summed E-state index contributed by atoms with van der Waals surface area (Å²) in [5.41, 5.74) is 2.12. The van der Waals surface area contributed by atoms with Crippen LogP contribution in [0.3, 0.4) is 0 Å². The molecular formula is C28H27FN4O4. The Morgan fingerprint density at radius 1 is 0.946 bits per heavy atom. The fraction of sp³-hybridized carbons (Fsp3) is 0.179. The van der Waals surface area contributed by atoms with Gasteiger partial charge in [0.25, 0.3) is 5.91 Å². The van der Waals surface area contributed by atoms with Crippen LogP contribution in [0.25, 0.3) is 16.9 Å². The maximum atomic E-state index is 14.1. The Bertz CT molecular complexity index is 1380. The third kappa shape index (κ3) is 5.78. The van der Waals surface area contributed by atoms with E-state index < -0.39 is 17.6 Å². The largest absolute Gasteiger partial charge is 0.497 e. The van der Waals surface area contributed by atoms with E-state index in [1.54, 1.807) is 50.1 Å². The Hall–Kier alpha value is -4.66. The summed E-state index contributed by atoms with van der Waals surface area (Å²) in [5, 5.41) is 2.81. The number of halogens is 1. The Morgan fingerprint density at radius 3 is 2.16 bits per heavy atom. The number of ether oxygens (including phenoxy) is 2. The molecule has 4 rings (SSSR count). The van der Waals surface area contributed by atoms with Gasteiger partial charge in [0, 0.05) is 24.0 Å². The van der Waals surface area contributed by atoms with E-state index in [2.05, 4.69) is 10.3 Å². The average Bonchev–Trinajstić information content (AvgIpc) is 3.35. The average molecular weight is 503 g/mol. The van der Waals surface area contributed by atoms with Gasteiger partial charge in [-0.05, 0) is 67.6 Å². The second-order valence-electron chi connectivity index (χ2n) is 8.09. The van der Waals surface area contributed by atoms with Gasteiger partial charge in [-0.1, -0.05) is 12.1 Å². The van der Waals surface area contributed by atoms with Crippen molar-refractivity contribution in [2.75, 3.05) is 32.6 Å². The molecule has 3 aromatic carbocycles. The minimum atomic E-state index is -0.634. The zero-order valence-electron chi connectivity index (χ0n) is 20.8. The number of rotatable bonds is 9. The molecule has 0 aliphatic rings. The van der Waals surface area contributed by atoms with E-state index in [0.29, 0.717) is 17.2 Å². The normalized spacial score (nSPS) is 10.6. The van der Waals surface area contributed by atoms with E-state index >= 15 is 0 Å². The van der Waals surface area contributed by atoms with Gasteiger partial charge < -0.3 is 14.4 Å². The minimum absolute atomic E-state index is 0.0846. The van der Waals surface area contributed by atoms with Gasteiger partial charge in [-0.15, -0.1) is 0 Å². The molecule has 2 amide bonds. The maximum Gasteiger partial charge on any atom is 0.257 e. The summed E-state index contributed by atoms with van der Waals surface area (Å²) in [5.74, 6) is 0.0170. The summed E-state index contributed by atoms with van der Waals surface area (Å²) < 4.78 is 26.4. The second kappa shape index (κ2) is 11.4. The summed E-state index contributed by atoms with van der Waals surface area (Å²) in [7, 11) is 3.18. The number of likely N-dealkylation sites (N-methyl/N-ethyl adjacent to an activating group) is 1. The Kier molecular flexibility index (Phi) is 7.83. The first kappa shape index (κ1) is 25.4. The number of amides is 2. The van der Waals surface area contributed by atoms with Crippen LogP contribution in [0.5, 0.6) is 11.5 Å². The number of hydrogen-bond acceptors (Lipinski definition) is 5. The topological polar surface area (TPSA) is 85.7 Å². The van der Waals surface area contributed by atoms with Crippen molar-refractivity contribution >= 4 is 17.8 Å². The first-order valence-electron chi connectivity index (χ1n) is 11.7. The van der Waals surface area contributed by atoms with E-state index in [1.807, 2.05) is 36.4 Å². The van der Waals surface area contributed by atoms with Crippen LogP contribution < -0.4 is 14.8 Å². The van der Waals surface area contributed by atoms with Crippen molar-refractivity contribution in [2.45, 2.75) is 6.92 Å². The quantitative estimate of drug-likeness (QED) is 0.356. The molecule has 8 nitrogen and oxygen atoms in total. The lowest BCUT2D eigenvalue weighted by molar-refractivity contribution is -0.116. The fourth-order valence-electron chi connectivity index (χ4n) is 3.78. The molecule has 1 aromatic heterocycles. The van der Waals surface area contributed by atoms with E-state index in [1.165, 1.54) is 23.1 Å². The fourth-order valence-corrected chi connectivity index (χ4v) is 3.78. The Labute approximate surface area is 214 Å². The van der Waals surface area contributed by atoms with Crippen molar-refractivity contribution in [3.63, 3.8) is 0 Å². The van der Waals surface area contributed by atoms with E-state index in [9.17, 15) is 14.0 Å². The van der Waals surface area contributed by atoms with Gasteiger partial charge in [0.15, 0.2) is 0 Å². The number of hydrogen-bond donors (Lipinski definition) is 1. The molecular weight excluding hydrogens is 475 g/mol. The van der Waals surface area contributed by atoms with Crippen molar-refractivity contribution in [3.05, 3.63) is 90.4 Å². The van der Waals surface area contributed by atoms with Gasteiger partial charge in [0.1, 0.15) is 23.9 Å². The minimum Gasteiger partial charge on any atom is -0.497 e. The number of benzene rings is 3. The van der Waals surface area contributed by atoms with Crippen LogP contribution in [0.15, 0.2) is 79.0 Å².